The first-order valence-corrected chi connectivity index (χ1v) is 6.42. The molecule has 0 spiro atoms. The monoisotopic (exact) mass is 243 g/mol. The van der Waals surface area contributed by atoms with Crippen LogP contribution in [0.3, 0.4) is 0 Å². The van der Waals surface area contributed by atoms with Gasteiger partial charge in [-0.05, 0) is 25.7 Å². The van der Waals surface area contributed by atoms with Crippen LogP contribution in [0.2, 0.25) is 0 Å². The van der Waals surface area contributed by atoms with E-state index in [9.17, 15) is 9.59 Å². The molecule has 0 atom stereocenters. The normalized spacial score (nSPS) is 15.2. The molecule has 1 fully saturated rings. The van der Waals surface area contributed by atoms with Gasteiger partial charge in [0.1, 0.15) is 6.54 Å². The summed E-state index contributed by atoms with van der Waals surface area (Å²) in [6, 6.07) is 8.66. The van der Waals surface area contributed by atoms with Crippen LogP contribution in [0.5, 0.6) is 0 Å². The van der Waals surface area contributed by atoms with Gasteiger partial charge in [-0.2, -0.15) is 0 Å². The largest absolute Gasteiger partial charge is 0.288 e. The van der Waals surface area contributed by atoms with Crippen LogP contribution in [0, 0.1) is 0 Å². The van der Waals surface area contributed by atoms with E-state index in [1.165, 1.54) is 6.42 Å². The zero-order valence-corrected chi connectivity index (χ0v) is 10.4. The average Bonchev–Trinajstić information content (AvgIpc) is 2.46. The molecule has 0 N–H and O–H groups in total. The second-order valence-electron chi connectivity index (χ2n) is 4.56. The van der Waals surface area contributed by atoms with Gasteiger partial charge in [0.25, 0.3) is 0 Å². The van der Waals surface area contributed by atoms with Crippen LogP contribution in [-0.4, -0.2) is 23.8 Å². The lowest BCUT2D eigenvalue weighted by atomic mass is 9.98. The highest BCUT2D eigenvalue weighted by atomic mass is 16.2. The molecule has 0 aromatic heterocycles. The van der Waals surface area contributed by atoms with Crippen LogP contribution in [0.25, 0.3) is 0 Å². The maximum absolute atomic E-state index is 11.8. The predicted molar refractivity (Wildman–Crippen MR) is 71.2 cm³/mol. The topological polar surface area (TPSA) is 46.5 Å². The number of aliphatic imine (C=N–C) groups is 1. The van der Waals surface area contributed by atoms with Crippen LogP contribution in [0.1, 0.15) is 42.5 Å². The molecule has 1 aliphatic carbocycles. The minimum absolute atomic E-state index is 0.00304. The lowest BCUT2D eigenvalue weighted by Gasteiger charge is -2.11. The minimum Gasteiger partial charge on any atom is -0.288 e. The minimum atomic E-state index is -0.434. The van der Waals surface area contributed by atoms with E-state index in [4.69, 9.17) is 0 Å². The van der Waals surface area contributed by atoms with Crippen molar-refractivity contribution in [3.63, 3.8) is 0 Å². The molecule has 3 nitrogen and oxygen atoms in total. The second kappa shape index (κ2) is 6.24. The molecule has 0 aliphatic heterocycles. The van der Waals surface area contributed by atoms with Gasteiger partial charge in [0.2, 0.25) is 11.6 Å². The van der Waals surface area contributed by atoms with Crippen molar-refractivity contribution < 1.29 is 9.59 Å². The summed E-state index contributed by atoms with van der Waals surface area (Å²) in [6.07, 6.45) is 5.51. The summed E-state index contributed by atoms with van der Waals surface area (Å²) in [5.41, 5.74) is 1.54. The number of hydrogen-bond acceptors (Lipinski definition) is 3. The van der Waals surface area contributed by atoms with Gasteiger partial charge in [0.15, 0.2) is 0 Å². The summed E-state index contributed by atoms with van der Waals surface area (Å²) in [7, 11) is 0. The van der Waals surface area contributed by atoms with Gasteiger partial charge < -0.3 is 0 Å². The molecule has 0 bridgehead atoms. The molecule has 1 aromatic rings. The Labute approximate surface area is 107 Å². The zero-order valence-electron chi connectivity index (χ0n) is 10.4. The Balaban J connectivity index is 1.94. The Morgan fingerprint density at radius 2 is 1.67 bits per heavy atom. The molecule has 0 heterocycles. The molecular formula is C15H17NO2. The van der Waals surface area contributed by atoms with E-state index in [1.54, 1.807) is 24.3 Å². The third-order valence-electron chi connectivity index (χ3n) is 3.17. The molecule has 3 heteroatoms. The summed E-state index contributed by atoms with van der Waals surface area (Å²) >= 11 is 0. The van der Waals surface area contributed by atoms with Crippen molar-refractivity contribution in [2.24, 2.45) is 4.99 Å². The molecule has 2 rings (SSSR count). The van der Waals surface area contributed by atoms with Crippen molar-refractivity contribution in [2.45, 2.75) is 32.1 Å². The number of rotatable bonds is 4. The van der Waals surface area contributed by atoms with Crippen LogP contribution in [-0.2, 0) is 4.79 Å². The van der Waals surface area contributed by atoms with E-state index in [2.05, 4.69) is 4.99 Å². The van der Waals surface area contributed by atoms with E-state index in [0.717, 1.165) is 31.4 Å². The van der Waals surface area contributed by atoms with Crippen molar-refractivity contribution in [3.05, 3.63) is 35.9 Å². The third-order valence-corrected chi connectivity index (χ3v) is 3.17. The van der Waals surface area contributed by atoms with Crippen molar-refractivity contribution >= 4 is 17.3 Å². The van der Waals surface area contributed by atoms with Crippen LogP contribution >= 0.6 is 0 Å². The van der Waals surface area contributed by atoms with Crippen LogP contribution in [0.15, 0.2) is 35.3 Å². The average molecular weight is 243 g/mol. The number of carbonyl (C=O) groups excluding carboxylic acids is 2. The summed E-state index contributed by atoms with van der Waals surface area (Å²) in [5, 5.41) is 0. The number of ketones is 2. The lowest BCUT2D eigenvalue weighted by Crippen LogP contribution is -2.18. The second-order valence-corrected chi connectivity index (χ2v) is 4.56. The highest BCUT2D eigenvalue weighted by molar-refractivity contribution is 6.44. The Kier molecular flexibility index (Phi) is 4.40. The maximum Gasteiger partial charge on any atom is 0.230 e. The Bertz CT molecular complexity index is 455. The molecule has 1 saturated carbocycles. The third kappa shape index (κ3) is 3.36. The van der Waals surface area contributed by atoms with Crippen molar-refractivity contribution in [1.82, 2.24) is 0 Å². The molecular weight excluding hydrogens is 226 g/mol. The number of nitrogens with zero attached hydrogens (tertiary/aromatic N) is 1. The van der Waals surface area contributed by atoms with Gasteiger partial charge in [-0.3, -0.25) is 14.6 Å². The fourth-order valence-electron chi connectivity index (χ4n) is 2.12. The fourth-order valence-corrected chi connectivity index (χ4v) is 2.12. The highest BCUT2D eigenvalue weighted by Crippen LogP contribution is 2.14. The number of Topliss-reactive ketones (excluding diaryl/α,β-unsaturated/α-hetero) is 2. The van der Waals surface area contributed by atoms with Crippen molar-refractivity contribution in [2.75, 3.05) is 6.54 Å². The van der Waals surface area contributed by atoms with Gasteiger partial charge in [0, 0.05) is 11.3 Å². The molecule has 0 radical (unpaired) electrons. The van der Waals surface area contributed by atoms with Gasteiger partial charge in [-0.1, -0.05) is 36.8 Å². The van der Waals surface area contributed by atoms with Gasteiger partial charge >= 0.3 is 0 Å². The van der Waals surface area contributed by atoms with Crippen molar-refractivity contribution in [1.29, 1.82) is 0 Å². The van der Waals surface area contributed by atoms with E-state index < -0.39 is 11.6 Å². The SMILES string of the molecule is O=C(CN=C1CCCCC1)C(=O)c1ccccc1. The summed E-state index contributed by atoms with van der Waals surface area (Å²) in [5.74, 6) is -0.852. The number of hydrogen-bond donors (Lipinski definition) is 0. The summed E-state index contributed by atoms with van der Waals surface area (Å²) in [4.78, 5) is 27.8. The summed E-state index contributed by atoms with van der Waals surface area (Å²) in [6.45, 7) is 0.00304. The molecule has 0 unspecified atom stereocenters. The summed E-state index contributed by atoms with van der Waals surface area (Å²) < 4.78 is 0. The first-order valence-electron chi connectivity index (χ1n) is 6.42. The van der Waals surface area contributed by atoms with Gasteiger partial charge in [0.05, 0.1) is 0 Å². The lowest BCUT2D eigenvalue weighted by molar-refractivity contribution is -0.113. The number of carbonyl (C=O) groups is 2. The molecule has 0 saturated heterocycles. The van der Waals surface area contributed by atoms with Gasteiger partial charge in [-0.15, -0.1) is 0 Å². The van der Waals surface area contributed by atoms with Gasteiger partial charge in [-0.25, -0.2) is 0 Å². The fraction of sp³-hybridized carbons (Fsp3) is 0.400. The molecule has 0 amide bonds. The Hall–Kier alpha value is -1.77. The predicted octanol–water partition coefficient (Wildman–Crippen LogP) is 2.84. The molecule has 1 aliphatic rings. The zero-order chi connectivity index (χ0) is 12.8. The number of benzene rings is 1. The standard InChI is InChI=1S/C15H17NO2/c17-14(11-16-13-9-5-2-6-10-13)15(18)12-7-3-1-4-8-12/h1,3-4,7-8H,2,5-6,9-11H2. The highest BCUT2D eigenvalue weighted by Gasteiger charge is 2.15. The smallest absolute Gasteiger partial charge is 0.230 e. The quantitative estimate of drug-likeness (QED) is 0.603. The maximum atomic E-state index is 11.8. The van der Waals surface area contributed by atoms with E-state index in [-0.39, 0.29) is 6.54 Å². The molecule has 1 aromatic carbocycles. The van der Waals surface area contributed by atoms with Crippen LogP contribution < -0.4 is 0 Å². The molecule has 94 valence electrons. The van der Waals surface area contributed by atoms with E-state index >= 15 is 0 Å². The van der Waals surface area contributed by atoms with Crippen LogP contribution in [0.4, 0.5) is 0 Å². The Morgan fingerprint density at radius 3 is 2.33 bits per heavy atom. The first kappa shape index (κ1) is 12.7. The van der Waals surface area contributed by atoms with E-state index in [0.29, 0.717) is 5.56 Å². The van der Waals surface area contributed by atoms with E-state index in [1.807, 2.05) is 6.07 Å². The molecule has 18 heavy (non-hydrogen) atoms. The Morgan fingerprint density at radius 1 is 1.00 bits per heavy atom. The first-order chi connectivity index (χ1) is 8.77. The van der Waals surface area contributed by atoms with Crippen molar-refractivity contribution in [3.8, 4) is 0 Å².